The maximum atomic E-state index is 11.7. The summed E-state index contributed by atoms with van der Waals surface area (Å²) in [4.78, 5) is 16.0. The van der Waals surface area contributed by atoms with Crippen LogP contribution < -0.4 is 10.1 Å². The highest BCUT2D eigenvalue weighted by Gasteiger charge is 2.22. The number of aromatic nitrogens is 1. The number of carbonyl (C=O) groups excluding carboxylic acids is 1. The Morgan fingerprint density at radius 1 is 1.35 bits per heavy atom. The Bertz CT molecular complexity index is 460. The molecule has 0 bridgehead atoms. The minimum atomic E-state index is -0.447. The number of ether oxygens (including phenoxy) is 3. The van der Waals surface area contributed by atoms with Crippen molar-refractivity contribution in [3.05, 3.63) is 17.7 Å². The lowest BCUT2D eigenvalue weighted by Gasteiger charge is -2.11. The van der Waals surface area contributed by atoms with Crippen LogP contribution in [0.5, 0.6) is 5.88 Å². The van der Waals surface area contributed by atoms with E-state index in [1.54, 1.807) is 19.2 Å². The minimum Gasteiger partial charge on any atom is -0.477 e. The molecular formula is C14H20N2O4. The molecule has 0 radical (unpaired) electrons. The van der Waals surface area contributed by atoms with E-state index in [2.05, 4.69) is 10.3 Å². The summed E-state index contributed by atoms with van der Waals surface area (Å²) in [5.74, 6) is 0.581. The third-order valence-electron chi connectivity index (χ3n) is 2.93. The number of nitrogens with one attached hydrogen (secondary N) is 1. The summed E-state index contributed by atoms with van der Waals surface area (Å²) in [7, 11) is 2.98. The molecule has 0 aliphatic heterocycles. The summed E-state index contributed by atoms with van der Waals surface area (Å²) >= 11 is 0. The van der Waals surface area contributed by atoms with Crippen LogP contribution in [0.1, 0.15) is 29.6 Å². The van der Waals surface area contributed by atoms with Crippen LogP contribution in [0.15, 0.2) is 12.1 Å². The van der Waals surface area contributed by atoms with Crippen LogP contribution in [0.4, 0.5) is 5.82 Å². The largest absolute Gasteiger partial charge is 0.477 e. The van der Waals surface area contributed by atoms with Gasteiger partial charge in [0.1, 0.15) is 11.4 Å². The molecule has 0 spiro atoms. The van der Waals surface area contributed by atoms with Gasteiger partial charge in [-0.2, -0.15) is 4.98 Å². The number of esters is 1. The Balaban J connectivity index is 2.06. The van der Waals surface area contributed by atoms with Gasteiger partial charge < -0.3 is 19.5 Å². The molecular weight excluding hydrogens is 260 g/mol. The summed E-state index contributed by atoms with van der Waals surface area (Å²) in [6.45, 7) is 1.05. The molecule has 0 atom stereocenters. The molecule has 20 heavy (non-hydrogen) atoms. The van der Waals surface area contributed by atoms with Crippen molar-refractivity contribution in [2.24, 2.45) is 0 Å². The Labute approximate surface area is 118 Å². The Morgan fingerprint density at radius 3 is 2.80 bits per heavy atom. The fraction of sp³-hybridized carbons (Fsp3) is 0.571. The smallest absolute Gasteiger partial charge is 0.343 e. The Kier molecular flexibility index (Phi) is 5.17. The van der Waals surface area contributed by atoms with E-state index < -0.39 is 5.97 Å². The van der Waals surface area contributed by atoms with Crippen molar-refractivity contribution < 1.29 is 19.0 Å². The number of carbonyl (C=O) groups is 1. The molecule has 1 heterocycles. The van der Waals surface area contributed by atoms with Crippen molar-refractivity contribution in [2.45, 2.75) is 25.3 Å². The monoisotopic (exact) mass is 280 g/mol. The molecule has 0 aromatic carbocycles. The highest BCUT2D eigenvalue weighted by Crippen LogP contribution is 2.26. The lowest BCUT2D eigenvalue weighted by Crippen LogP contribution is -2.11. The topological polar surface area (TPSA) is 69.7 Å². The average Bonchev–Trinajstić information content (AvgIpc) is 3.27. The first kappa shape index (κ1) is 14.6. The van der Waals surface area contributed by atoms with Gasteiger partial charge in [0.15, 0.2) is 0 Å². The second kappa shape index (κ2) is 7.09. The zero-order valence-corrected chi connectivity index (χ0v) is 11.8. The lowest BCUT2D eigenvalue weighted by molar-refractivity contribution is 0.0594. The SMILES string of the molecule is COCCCOc1nc(NC2CC2)ccc1C(=O)OC. The molecule has 1 aromatic rings. The van der Waals surface area contributed by atoms with E-state index >= 15 is 0 Å². The van der Waals surface area contributed by atoms with Gasteiger partial charge in [0.25, 0.3) is 0 Å². The first-order valence-electron chi connectivity index (χ1n) is 6.72. The minimum absolute atomic E-state index is 0.304. The van der Waals surface area contributed by atoms with E-state index in [1.807, 2.05) is 0 Å². The van der Waals surface area contributed by atoms with E-state index in [0.29, 0.717) is 30.7 Å². The molecule has 2 rings (SSSR count). The van der Waals surface area contributed by atoms with Gasteiger partial charge in [-0.05, 0) is 25.0 Å². The summed E-state index contributed by atoms with van der Waals surface area (Å²) in [5.41, 5.74) is 0.339. The number of hydrogen-bond donors (Lipinski definition) is 1. The third kappa shape index (κ3) is 4.09. The fourth-order valence-corrected chi connectivity index (χ4v) is 1.71. The highest BCUT2D eigenvalue weighted by atomic mass is 16.5. The fourth-order valence-electron chi connectivity index (χ4n) is 1.71. The molecule has 0 saturated heterocycles. The van der Waals surface area contributed by atoms with Gasteiger partial charge in [-0.3, -0.25) is 0 Å². The summed E-state index contributed by atoms with van der Waals surface area (Å²) < 4.78 is 15.3. The van der Waals surface area contributed by atoms with Gasteiger partial charge in [-0.1, -0.05) is 0 Å². The Hall–Kier alpha value is -1.82. The van der Waals surface area contributed by atoms with Crippen LogP contribution in [0.2, 0.25) is 0 Å². The number of pyridine rings is 1. The van der Waals surface area contributed by atoms with Crippen molar-refractivity contribution in [1.82, 2.24) is 4.98 Å². The molecule has 1 saturated carbocycles. The Morgan fingerprint density at radius 2 is 2.15 bits per heavy atom. The van der Waals surface area contributed by atoms with Crippen LogP contribution >= 0.6 is 0 Å². The summed E-state index contributed by atoms with van der Waals surface area (Å²) in [6, 6.07) is 3.94. The van der Waals surface area contributed by atoms with Crippen LogP contribution in [0, 0.1) is 0 Å². The zero-order valence-electron chi connectivity index (χ0n) is 11.8. The molecule has 0 amide bonds. The van der Waals surface area contributed by atoms with Gasteiger partial charge in [0, 0.05) is 26.2 Å². The maximum Gasteiger partial charge on any atom is 0.343 e. The van der Waals surface area contributed by atoms with Crippen LogP contribution in [0.25, 0.3) is 0 Å². The number of hydrogen-bond acceptors (Lipinski definition) is 6. The quantitative estimate of drug-likeness (QED) is 0.579. The van der Waals surface area contributed by atoms with Gasteiger partial charge in [0.05, 0.1) is 13.7 Å². The number of rotatable bonds is 8. The molecule has 0 unspecified atom stereocenters. The van der Waals surface area contributed by atoms with Crippen LogP contribution in [-0.4, -0.2) is 44.4 Å². The normalized spacial score (nSPS) is 13.9. The van der Waals surface area contributed by atoms with E-state index in [0.717, 1.165) is 25.1 Å². The lowest BCUT2D eigenvalue weighted by atomic mass is 10.2. The van der Waals surface area contributed by atoms with E-state index in [4.69, 9.17) is 14.2 Å². The molecule has 110 valence electrons. The average molecular weight is 280 g/mol. The van der Waals surface area contributed by atoms with E-state index in [9.17, 15) is 4.79 Å². The maximum absolute atomic E-state index is 11.7. The molecule has 1 N–H and O–H groups in total. The van der Waals surface area contributed by atoms with E-state index in [-0.39, 0.29) is 0 Å². The van der Waals surface area contributed by atoms with Gasteiger partial charge in [0.2, 0.25) is 5.88 Å². The summed E-state index contributed by atoms with van der Waals surface area (Å²) in [5, 5.41) is 3.27. The summed E-state index contributed by atoms with van der Waals surface area (Å²) in [6.07, 6.45) is 3.05. The van der Waals surface area contributed by atoms with Gasteiger partial charge in [-0.15, -0.1) is 0 Å². The first-order valence-corrected chi connectivity index (χ1v) is 6.72. The van der Waals surface area contributed by atoms with Crippen LogP contribution in [-0.2, 0) is 9.47 Å². The second-order valence-electron chi connectivity index (χ2n) is 4.65. The van der Waals surface area contributed by atoms with Crippen molar-refractivity contribution in [3.8, 4) is 5.88 Å². The third-order valence-corrected chi connectivity index (χ3v) is 2.93. The number of anilines is 1. The molecule has 1 fully saturated rings. The molecule has 6 nitrogen and oxygen atoms in total. The zero-order chi connectivity index (χ0) is 14.4. The van der Waals surface area contributed by atoms with Crippen molar-refractivity contribution >= 4 is 11.8 Å². The predicted molar refractivity (Wildman–Crippen MR) is 74.2 cm³/mol. The second-order valence-corrected chi connectivity index (χ2v) is 4.65. The van der Waals surface area contributed by atoms with Crippen molar-refractivity contribution in [3.63, 3.8) is 0 Å². The number of nitrogens with zero attached hydrogens (tertiary/aromatic N) is 1. The molecule has 1 aromatic heterocycles. The molecule has 1 aliphatic rings. The molecule has 6 heteroatoms. The highest BCUT2D eigenvalue weighted by molar-refractivity contribution is 5.92. The molecule has 1 aliphatic carbocycles. The standard InChI is InChI=1S/C14H20N2O4/c1-18-8-3-9-20-13-11(14(17)19-2)6-7-12(16-13)15-10-4-5-10/h6-7,10H,3-5,8-9H2,1-2H3,(H,15,16). The van der Waals surface area contributed by atoms with Crippen LogP contribution in [0.3, 0.4) is 0 Å². The van der Waals surface area contributed by atoms with Crippen molar-refractivity contribution in [1.29, 1.82) is 0 Å². The van der Waals surface area contributed by atoms with E-state index in [1.165, 1.54) is 7.11 Å². The van der Waals surface area contributed by atoms with Crippen molar-refractivity contribution in [2.75, 3.05) is 32.8 Å². The van der Waals surface area contributed by atoms with Gasteiger partial charge >= 0.3 is 5.97 Å². The number of methoxy groups -OCH3 is 2. The predicted octanol–water partition coefficient (Wildman–Crippen LogP) is 1.86. The first-order chi connectivity index (χ1) is 9.74. The van der Waals surface area contributed by atoms with Gasteiger partial charge in [-0.25, -0.2) is 4.79 Å².